The number of carbonyl (C=O) groups is 1. The first-order valence-electron chi connectivity index (χ1n) is 13.8. The molecule has 2 aromatic heterocycles. The van der Waals surface area contributed by atoms with E-state index < -0.39 is 11.7 Å². The van der Waals surface area contributed by atoms with Crippen LogP contribution in [0.1, 0.15) is 54.3 Å². The molecule has 0 bridgehead atoms. The monoisotopic (exact) mass is 548 g/mol. The maximum atomic E-state index is 14.3. The molecule has 3 aliphatic heterocycles. The summed E-state index contributed by atoms with van der Waals surface area (Å²) < 4.78 is 59.8. The van der Waals surface area contributed by atoms with Gasteiger partial charge in [0.25, 0.3) is 0 Å². The first-order valence-corrected chi connectivity index (χ1v) is 13.8. The molecule has 212 valence electrons. The number of fused-ring (bicyclic) bond motifs is 2. The number of aromatic nitrogens is 3. The van der Waals surface area contributed by atoms with Gasteiger partial charge in [-0.3, -0.25) is 14.5 Å². The fourth-order valence-electron chi connectivity index (χ4n) is 7.34. The van der Waals surface area contributed by atoms with Gasteiger partial charge in [-0.25, -0.2) is 0 Å². The molecule has 2 saturated heterocycles. The summed E-state index contributed by atoms with van der Waals surface area (Å²) in [5.74, 6) is 0.210. The van der Waals surface area contributed by atoms with Crippen molar-refractivity contribution in [1.29, 1.82) is 0 Å². The number of ether oxygens (including phenoxy) is 3. The van der Waals surface area contributed by atoms with Crippen molar-refractivity contribution in [2.45, 2.75) is 63.1 Å². The van der Waals surface area contributed by atoms with Crippen molar-refractivity contribution >= 4 is 5.91 Å². The van der Waals surface area contributed by atoms with Crippen LogP contribution in [0.4, 0.5) is 13.2 Å². The fourth-order valence-corrected chi connectivity index (χ4v) is 7.34. The van der Waals surface area contributed by atoms with Crippen molar-refractivity contribution in [1.82, 2.24) is 19.7 Å². The smallest absolute Gasteiger partial charge is 0.379 e. The maximum Gasteiger partial charge on any atom is 0.417 e. The summed E-state index contributed by atoms with van der Waals surface area (Å²) in [6.07, 6.45) is 1.68. The van der Waals surface area contributed by atoms with E-state index in [1.54, 1.807) is 18.2 Å². The molecule has 0 aromatic carbocycles. The van der Waals surface area contributed by atoms with Gasteiger partial charge in [0.2, 0.25) is 5.91 Å². The lowest BCUT2D eigenvalue weighted by Crippen LogP contribution is -2.44. The van der Waals surface area contributed by atoms with Gasteiger partial charge in [-0.1, -0.05) is 0 Å². The molecule has 1 amide bonds. The Bertz CT molecular complexity index is 1200. The fraction of sp³-hybridized carbons (Fsp3) is 0.679. The summed E-state index contributed by atoms with van der Waals surface area (Å²) in [5.41, 5.74) is 1.34. The van der Waals surface area contributed by atoms with Crippen LogP contribution in [0, 0.1) is 23.7 Å². The van der Waals surface area contributed by atoms with E-state index in [9.17, 15) is 18.0 Å². The third kappa shape index (κ3) is 5.09. The van der Waals surface area contributed by atoms with Crippen LogP contribution in [0.2, 0.25) is 0 Å². The van der Waals surface area contributed by atoms with Crippen molar-refractivity contribution < 1.29 is 32.2 Å². The topological polar surface area (TPSA) is 78.7 Å². The van der Waals surface area contributed by atoms with Gasteiger partial charge in [0.1, 0.15) is 0 Å². The Hall–Kier alpha value is -2.50. The number of hydrogen-bond donors (Lipinski definition) is 0. The van der Waals surface area contributed by atoms with E-state index >= 15 is 0 Å². The second-order valence-electron chi connectivity index (χ2n) is 11.4. The molecule has 5 heterocycles. The van der Waals surface area contributed by atoms with Crippen LogP contribution in [-0.4, -0.2) is 64.6 Å². The van der Waals surface area contributed by atoms with Gasteiger partial charge in [-0.05, 0) is 61.1 Å². The number of alkyl halides is 3. The quantitative estimate of drug-likeness (QED) is 0.563. The summed E-state index contributed by atoms with van der Waals surface area (Å²) in [7, 11) is 3.59. The lowest BCUT2D eigenvalue weighted by Gasteiger charge is -2.36. The van der Waals surface area contributed by atoms with Gasteiger partial charge in [-0.15, -0.1) is 0 Å². The molecule has 39 heavy (non-hydrogen) atoms. The van der Waals surface area contributed by atoms with Crippen LogP contribution in [0.3, 0.4) is 0 Å². The molecule has 2 aromatic rings. The molecule has 3 fully saturated rings. The second-order valence-corrected chi connectivity index (χ2v) is 11.4. The third-order valence-corrected chi connectivity index (χ3v) is 9.31. The molecule has 1 aliphatic carbocycles. The van der Waals surface area contributed by atoms with Crippen molar-refractivity contribution in [3.8, 4) is 0 Å². The number of amides is 1. The van der Waals surface area contributed by atoms with Gasteiger partial charge in [-0.2, -0.15) is 18.3 Å². The highest BCUT2D eigenvalue weighted by Gasteiger charge is 2.54. The highest BCUT2D eigenvalue weighted by Crippen LogP contribution is 2.53. The first kappa shape index (κ1) is 26.7. The molecular weight excluding hydrogens is 513 g/mol. The molecule has 1 saturated carbocycles. The molecule has 8 nitrogen and oxygen atoms in total. The second kappa shape index (κ2) is 10.5. The van der Waals surface area contributed by atoms with E-state index in [0.717, 1.165) is 43.6 Å². The highest BCUT2D eigenvalue weighted by molar-refractivity contribution is 5.80. The Morgan fingerprint density at radius 1 is 1.26 bits per heavy atom. The minimum atomic E-state index is -4.47. The van der Waals surface area contributed by atoms with Crippen LogP contribution in [-0.2, 0) is 45.2 Å². The van der Waals surface area contributed by atoms with Crippen LogP contribution < -0.4 is 0 Å². The lowest BCUT2D eigenvalue weighted by molar-refractivity contribution is -0.140. The van der Waals surface area contributed by atoms with Crippen LogP contribution in [0.5, 0.6) is 0 Å². The molecule has 4 aliphatic rings. The van der Waals surface area contributed by atoms with Gasteiger partial charge >= 0.3 is 6.18 Å². The van der Waals surface area contributed by atoms with Crippen molar-refractivity contribution in [3.05, 3.63) is 47.0 Å². The number of carbonyl (C=O) groups excluding carboxylic acids is 1. The summed E-state index contributed by atoms with van der Waals surface area (Å²) in [5, 5.41) is 4.29. The molecule has 6 rings (SSSR count). The van der Waals surface area contributed by atoms with Gasteiger partial charge < -0.3 is 19.1 Å². The van der Waals surface area contributed by atoms with Crippen LogP contribution in [0.25, 0.3) is 0 Å². The van der Waals surface area contributed by atoms with Gasteiger partial charge in [0, 0.05) is 64.3 Å². The van der Waals surface area contributed by atoms with Crippen molar-refractivity contribution in [2.75, 3.05) is 26.9 Å². The van der Waals surface area contributed by atoms with E-state index in [2.05, 4.69) is 10.1 Å². The largest absolute Gasteiger partial charge is 0.417 e. The lowest BCUT2D eigenvalue weighted by atomic mass is 9.78. The summed E-state index contributed by atoms with van der Waals surface area (Å²) in [6.45, 7) is 1.83. The first-order chi connectivity index (χ1) is 18.7. The zero-order valence-corrected chi connectivity index (χ0v) is 22.3. The molecule has 0 radical (unpaired) electrons. The predicted molar refractivity (Wildman–Crippen MR) is 133 cm³/mol. The third-order valence-electron chi connectivity index (χ3n) is 9.31. The molecular formula is C28H35F3N4O4. The number of nitrogens with zero attached hydrogens (tertiary/aromatic N) is 4. The standard InChI is InChI=1S/C28H35F3N4O4/c1-34-22(3-6-33-34)24-12-20-23(39-24)11-17(9-16-5-8-38-15-25(16)37-2)26(20)27(36)35-7-4-21-18(14-35)10-19(13-32-21)28(29,30)31/h3,6,10,13,16-17,20,23-26H,4-5,7-9,11-12,14-15H2,1-2H3/t16?,17-,20-,23-,24?,25?,26-/m1/s1. The Morgan fingerprint density at radius 2 is 2.10 bits per heavy atom. The minimum absolute atomic E-state index is 0.00761. The van der Waals surface area contributed by atoms with E-state index in [1.807, 2.05) is 17.8 Å². The Kier molecular flexibility index (Phi) is 7.18. The average molecular weight is 549 g/mol. The summed E-state index contributed by atoms with van der Waals surface area (Å²) in [6, 6.07) is 3.11. The van der Waals surface area contributed by atoms with E-state index in [-0.39, 0.29) is 54.4 Å². The number of halogens is 3. The maximum absolute atomic E-state index is 14.3. The SMILES string of the molecule is COC1COCCC1C[C@@H]1C[C@H]2OC(c3ccnn3C)C[C@H]2[C@@H]1C(=O)N1CCc2ncc(C(F)(F)F)cc2C1. The normalized spacial score (nSPS) is 32.7. The Balaban J connectivity index is 1.25. The molecule has 11 heteroatoms. The molecule has 0 N–H and O–H groups in total. The molecule has 3 unspecified atom stereocenters. The zero-order valence-electron chi connectivity index (χ0n) is 22.3. The number of pyridine rings is 1. The van der Waals surface area contributed by atoms with Crippen LogP contribution >= 0.6 is 0 Å². The number of aryl methyl sites for hydroxylation is 1. The number of rotatable bonds is 5. The molecule has 7 atom stereocenters. The van der Waals surface area contributed by atoms with E-state index in [0.29, 0.717) is 37.4 Å². The Labute approximate surface area is 225 Å². The van der Waals surface area contributed by atoms with E-state index in [1.165, 1.54) is 0 Å². The van der Waals surface area contributed by atoms with Gasteiger partial charge in [0.15, 0.2) is 0 Å². The Morgan fingerprint density at radius 3 is 2.85 bits per heavy atom. The minimum Gasteiger partial charge on any atom is -0.379 e. The van der Waals surface area contributed by atoms with Gasteiger partial charge in [0.05, 0.1) is 36.2 Å². The summed E-state index contributed by atoms with van der Waals surface area (Å²) >= 11 is 0. The number of methoxy groups -OCH3 is 1. The van der Waals surface area contributed by atoms with Crippen LogP contribution in [0.15, 0.2) is 24.5 Å². The van der Waals surface area contributed by atoms with Crippen molar-refractivity contribution in [2.24, 2.45) is 30.7 Å². The zero-order chi connectivity index (χ0) is 27.3. The average Bonchev–Trinajstić information content (AvgIpc) is 3.61. The van der Waals surface area contributed by atoms with E-state index in [4.69, 9.17) is 14.2 Å². The predicted octanol–water partition coefficient (Wildman–Crippen LogP) is 3.94. The van der Waals surface area contributed by atoms with Crippen molar-refractivity contribution in [3.63, 3.8) is 0 Å². The number of hydrogen-bond acceptors (Lipinski definition) is 6. The molecule has 0 spiro atoms. The summed E-state index contributed by atoms with van der Waals surface area (Å²) in [4.78, 5) is 20.1. The highest BCUT2D eigenvalue weighted by atomic mass is 19.4.